The maximum atomic E-state index is 8.24. The molecule has 0 amide bonds. The third-order valence-electron chi connectivity index (χ3n) is 12.6. The van der Waals surface area contributed by atoms with Crippen molar-refractivity contribution in [3.05, 3.63) is 387 Å². The maximum absolute atomic E-state index is 8.24. The van der Waals surface area contributed by atoms with Crippen LogP contribution in [-0.4, -0.2) is 31.1 Å². The molecule has 0 saturated heterocycles. The largest absolute Gasteiger partial charge is 3.00 e. The number of benzene rings is 10. The fourth-order valence-corrected chi connectivity index (χ4v) is 8.51. The summed E-state index contributed by atoms with van der Waals surface area (Å²) in [5, 5.41) is 33.4. The van der Waals surface area contributed by atoms with E-state index in [2.05, 4.69) is 86.4 Å². The van der Waals surface area contributed by atoms with E-state index in [1.165, 1.54) is 5.40 Å². The van der Waals surface area contributed by atoms with Gasteiger partial charge in [0, 0.05) is 0 Å². The monoisotopic (exact) mass is 1460 g/mol. The van der Waals surface area contributed by atoms with Gasteiger partial charge >= 0.3 is 66.0 Å². The van der Waals surface area contributed by atoms with Crippen LogP contribution in [0.1, 0.15) is 0 Å². The average molecular weight is 1460 g/mol. The summed E-state index contributed by atoms with van der Waals surface area (Å²) in [5.41, 5.74) is 17.5. The van der Waals surface area contributed by atoms with Gasteiger partial charge in [0.25, 0.3) is 6.26 Å². The van der Waals surface area contributed by atoms with Crippen molar-refractivity contribution >= 4 is 30.1 Å². The Morgan fingerprint density at radius 1 is 0.306 bits per heavy atom. The average Bonchev–Trinajstić information content (AvgIpc) is 0.904. The molecule has 10 nitrogen and oxygen atoms in total. The van der Waals surface area contributed by atoms with E-state index in [4.69, 9.17) is 25.8 Å². The molecule has 0 aliphatic rings. The minimum Gasteiger partial charge on any atom is -0.724 e. The van der Waals surface area contributed by atoms with Gasteiger partial charge in [0.15, 0.2) is 0 Å². The van der Waals surface area contributed by atoms with E-state index in [0.29, 0.717) is 6.08 Å². The molecule has 485 valence electrons. The van der Waals surface area contributed by atoms with Gasteiger partial charge < -0.3 is 48.4 Å². The number of hydrogen-bond donors (Lipinski definition) is 1. The van der Waals surface area contributed by atoms with E-state index in [9.17, 15) is 0 Å². The Balaban J connectivity index is 0.000000307. The number of isocyanates is 1. The quantitative estimate of drug-likeness (QED) is 0.0349. The molecule has 4 aromatic heterocycles. The van der Waals surface area contributed by atoms with E-state index in [0.717, 1.165) is 108 Å². The van der Waals surface area contributed by atoms with Crippen LogP contribution in [0.2, 0.25) is 0 Å². The molecule has 14 rings (SSSR count). The van der Waals surface area contributed by atoms with Crippen molar-refractivity contribution in [1.82, 2.24) is 19.9 Å². The van der Waals surface area contributed by atoms with Gasteiger partial charge in [-0.1, -0.05) is 139 Å². The van der Waals surface area contributed by atoms with Gasteiger partial charge in [-0.15, -0.1) is 299 Å². The van der Waals surface area contributed by atoms with Gasteiger partial charge in [-0.25, -0.2) is 5.26 Å². The molecule has 0 aliphatic carbocycles. The number of nitrogens with zero attached hydrogens (tertiary/aromatic N) is 8. The van der Waals surface area contributed by atoms with Crippen LogP contribution in [0.5, 0.6) is 0 Å². The summed E-state index contributed by atoms with van der Waals surface area (Å²) >= 11 is 3.70. The summed E-state index contributed by atoms with van der Waals surface area (Å²) in [6.07, 6.45) is 1.25. The number of rotatable bonds is 10. The predicted octanol–water partition coefficient (Wildman–Crippen LogP) is 19.8. The Hall–Kier alpha value is -11.0. The summed E-state index contributed by atoms with van der Waals surface area (Å²) in [6, 6.07) is 132. The van der Waals surface area contributed by atoms with Crippen LogP contribution in [-0.2, 0) is 83.4 Å². The van der Waals surface area contributed by atoms with Crippen LogP contribution in [0.25, 0.3) is 101 Å². The zero-order valence-electron chi connectivity index (χ0n) is 51.8. The van der Waals surface area contributed by atoms with Gasteiger partial charge in [0.1, 0.15) is 0 Å². The van der Waals surface area contributed by atoms with E-state index in [1.807, 2.05) is 328 Å². The maximum Gasteiger partial charge on any atom is 3.00 e. The molecule has 15 heteroatoms. The summed E-state index contributed by atoms with van der Waals surface area (Å²) in [6.45, 7) is 0. The Morgan fingerprint density at radius 3 is 0.582 bits per heavy atom. The SMILES string of the molecule is N#CO.N#C[S-].[N-]=C=O.[Ni+2].[Ni+3].[Ni+3].[Ni+3].[c-]1ccccc1-c1cccc(-c2[c-]cccc2)n1.[c-]1ccccc1-c1cccc(-c2[c-]cccc2)n1.[c-]1ccccc1-c1cccc(-c2[c-]cccc2)n1.[c-]1ccccc1-c1cccc(-c2[c-]cccc2)n1.c1ccc([N-]c2ccccc2)cc1. The van der Waals surface area contributed by atoms with E-state index in [1.54, 1.807) is 0 Å². The number of aromatic nitrogens is 4. The first kappa shape index (κ1) is 81.2. The number of pyridine rings is 4. The van der Waals surface area contributed by atoms with Crippen LogP contribution in [0, 0.1) is 70.7 Å². The molecular formula is C83H55N8Ni4O2S. The van der Waals surface area contributed by atoms with Crippen LogP contribution < -0.4 is 0 Å². The van der Waals surface area contributed by atoms with Crippen LogP contribution >= 0.6 is 0 Å². The topological polar surface area (TPSA) is 173 Å². The number of aliphatic hydroxyl groups excluding tert-OH is 1. The fourth-order valence-electron chi connectivity index (χ4n) is 8.51. The molecule has 10 aromatic carbocycles. The number of thiocyanates is 1. The first-order valence-corrected chi connectivity index (χ1v) is 29.4. The first-order valence-electron chi connectivity index (χ1n) is 29.0. The molecular weight excluding hydrogens is 1410 g/mol. The normalized spacial score (nSPS) is 9.00. The van der Waals surface area contributed by atoms with Crippen molar-refractivity contribution in [3.63, 3.8) is 0 Å². The second-order valence-corrected chi connectivity index (χ2v) is 19.1. The van der Waals surface area contributed by atoms with Crippen molar-refractivity contribution in [3.8, 4) is 102 Å². The van der Waals surface area contributed by atoms with Gasteiger partial charge in [0.2, 0.25) is 0 Å². The molecule has 0 fully saturated rings. The van der Waals surface area contributed by atoms with Gasteiger partial charge in [-0.3, -0.25) is 4.79 Å². The van der Waals surface area contributed by atoms with Gasteiger partial charge in [0.05, 0.1) is 0 Å². The van der Waals surface area contributed by atoms with Crippen molar-refractivity contribution in [2.75, 3.05) is 0 Å². The number of aliphatic hydroxyl groups is 1. The molecule has 98 heavy (non-hydrogen) atoms. The van der Waals surface area contributed by atoms with Crippen molar-refractivity contribution in [1.29, 1.82) is 10.5 Å². The molecule has 0 saturated carbocycles. The summed E-state index contributed by atoms with van der Waals surface area (Å²) in [7, 11) is 0. The Morgan fingerprint density at radius 2 is 0.449 bits per heavy atom. The minimum absolute atomic E-state index is 0. The van der Waals surface area contributed by atoms with Crippen LogP contribution in [0.3, 0.4) is 0 Å². The molecule has 14 aromatic rings. The number of nitriles is 2. The fraction of sp³-hybridized carbons (Fsp3) is 0. The van der Waals surface area contributed by atoms with E-state index in [-0.39, 0.29) is 66.0 Å². The summed E-state index contributed by atoms with van der Waals surface area (Å²) in [4.78, 5) is 26.8. The molecule has 0 unspecified atom stereocenters. The predicted molar refractivity (Wildman–Crippen MR) is 376 cm³/mol. The number of para-hydroxylation sites is 2. The minimum atomic E-state index is 0. The summed E-state index contributed by atoms with van der Waals surface area (Å²) in [5.74, 6) is 0. The van der Waals surface area contributed by atoms with Crippen LogP contribution in [0.4, 0.5) is 11.4 Å². The zero-order valence-corrected chi connectivity index (χ0v) is 56.6. The molecule has 0 atom stereocenters. The van der Waals surface area contributed by atoms with Gasteiger partial charge in [-0.2, -0.15) is 5.26 Å². The smallest absolute Gasteiger partial charge is 0.724 e. The molecule has 0 bridgehead atoms. The second-order valence-electron chi connectivity index (χ2n) is 18.9. The van der Waals surface area contributed by atoms with Crippen molar-refractivity contribution in [2.24, 2.45) is 0 Å². The summed E-state index contributed by atoms with van der Waals surface area (Å²) < 4.78 is 0. The Labute approximate surface area is 620 Å². The third-order valence-corrected chi connectivity index (χ3v) is 12.6. The second kappa shape index (κ2) is 48.6. The number of hydrogen-bond acceptors (Lipinski definition) is 9. The standard InChI is InChI=1S/4C17H11N.C12H10N.CHNO.CNO.CHNS.4Ni/c4*1-3-8-14(9-4-1)16-12-7-13-17(18-16)15-10-5-2-6-11-15;1-3-7-11(8-4-1)13-12-9-5-2-6-10-12;3*2-1-3;;;;/h4*1-8,10,12-13H;1-10H;3H;;3H;;;;/q4*-2;-1;;-1;;+2;3*+3/p-1. The molecule has 0 aliphatic heterocycles. The molecule has 1 N–H and O–H groups in total. The third kappa shape index (κ3) is 28.5. The van der Waals surface area contributed by atoms with Crippen molar-refractivity contribution in [2.45, 2.75) is 0 Å². The van der Waals surface area contributed by atoms with Crippen molar-refractivity contribution < 1.29 is 75.9 Å². The van der Waals surface area contributed by atoms with Gasteiger partial charge in [-0.05, 0) is 51.6 Å². The molecule has 0 spiro atoms. The van der Waals surface area contributed by atoms with E-state index < -0.39 is 0 Å². The van der Waals surface area contributed by atoms with E-state index >= 15 is 0 Å². The molecule has 3 radical (unpaired) electrons. The number of carbonyl (C=O) groups excluding carboxylic acids is 1. The Bertz CT molecular complexity index is 3770. The molecule has 4 heterocycles. The Kier molecular flexibility index (Phi) is 40.3. The zero-order chi connectivity index (χ0) is 65.9. The van der Waals surface area contributed by atoms with Crippen LogP contribution in [0.15, 0.2) is 328 Å². The first-order chi connectivity index (χ1) is 46.4.